The minimum absolute atomic E-state index is 0.159. The van der Waals surface area contributed by atoms with Crippen LogP contribution in [0.15, 0.2) is 42.5 Å². The van der Waals surface area contributed by atoms with Crippen LogP contribution < -0.4 is 10.6 Å². The van der Waals surface area contributed by atoms with E-state index in [1.165, 1.54) is 6.07 Å². The van der Waals surface area contributed by atoms with Gasteiger partial charge in [0.25, 0.3) is 11.6 Å². The molecule has 0 unspecified atom stereocenters. The molecule has 1 aliphatic rings. The van der Waals surface area contributed by atoms with E-state index in [1.54, 1.807) is 31.4 Å². The standard InChI is InChI=1S/C21H24ClN3O5/c1-29-11-9-23-18-7-4-16(12-19(18)25(27)28)20(26)24-21(8-10-30-14-21)13-15-2-5-17(22)6-3-15/h2-7,12,23H,8-11,13-14H2,1H3,(H,24,26)/t21-/m0/s1. The molecule has 1 saturated heterocycles. The first-order valence-electron chi connectivity index (χ1n) is 9.58. The van der Waals surface area contributed by atoms with Gasteiger partial charge in [0.15, 0.2) is 0 Å². The van der Waals surface area contributed by atoms with E-state index in [9.17, 15) is 14.9 Å². The summed E-state index contributed by atoms with van der Waals surface area (Å²) >= 11 is 5.96. The second-order valence-corrected chi connectivity index (χ2v) is 7.69. The first-order chi connectivity index (χ1) is 14.4. The topological polar surface area (TPSA) is 103 Å². The normalized spacial score (nSPS) is 18.2. The number of rotatable bonds is 9. The Balaban J connectivity index is 1.77. The zero-order valence-electron chi connectivity index (χ0n) is 16.7. The summed E-state index contributed by atoms with van der Waals surface area (Å²) in [5.74, 6) is -0.374. The largest absolute Gasteiger partial charge is 0.383 e. The molecule has 0 radical (unpaired) electrons. The van der Waals surface area contributed by atoms with Gasteiger partial charge < -0.3 is 20.1 Å². The third-order valence-corrected chi connectivity index (χ3v) is 5.27. The van der Waals surface area contributed by atoms with Gasteiger partial charge >= 0.3 is 0 Å². The molecule has 0 aliphatic carbocycles. The average Bonchev–Trinajstić information content (AvgIpc) is 3.18. The van der Waals surface area contributed by atoms with Gasteiger partial charge in [-0.15, -0.1) is 0 Å². The number of carbonyl (C=O) groups excluding carboxylic acids is 1. The lowest BCUT2D eigenvalue weighted by molar-refractivity contribution is -0.384. The van der Waals surface area contributed by atoms with E-state index in [-0.39, 0.29) is 17.2 Å². The van der Waals surface area contributed by atoms with Gasteiger partial charge in [-0.1, -0.05) is 23.7 Å². The van der Waals surface area contributed by atoms with Crippen molar-refractivity contribution in [2.75, 3.05) is 38.8 Å². The monoisotopic (exact) mass is 433 g/mol. The number of amides is 1. The number of hydrogen-bond donors (Lipinski definition) is 2. The molecule has 1 heterocycles. The summed E-state index contributed by atoms with van der Waals surface area (Å²) in [4.78, 5) is 23.9. The molecule has 30 heavy (non-hydrogen) atoms. The van der Waals surface area contributed by atoms with Crippen molar-refractivity contribution in [1.29, 1.82) is 0 Å². The summed E-state index contributed by atoms with van der Waals surface area (Å²) in [6, 6.07) is 11.8. The number of anilines is 1. The molecule has 1 atom stereocenters. The maximum Gasteiger partial charge on any atom is 0.293 e. The Hall–Kier alpha value is -2.68. The number of hydrogen-bond acceptors (Lipinski definition) is 6. The lowest BCUT2D eigenvalue weighted by atomic mass is 9.89. The highest BCUT2D eigenvalue weighted by molar-refractivity contribution is 6.30. The molecule has 0 spiro atoms. The maximum atomic E-state index is 12.9. The van der Waals surface area contributed by atoms with Crippen molar-refractivity contribution in [3.63, 3.8) is 0 Å². The second kappa shape index (κ2) is 9.88. The molecular formula is C21H24ClN3O5. The number of nitrogens with zero attached hydrogens (tertiary/aromatic N) is 1. The van der Waals surface area contributed by atoms with Crippen LogP contribution in [0.4, 0.5) is 11.4 Å². The van der Waals surface area contributed by atoms with Crippen LogP contribution in [0.3, 0.4) is 0 Å². The number of benzene rings is 2. The first-order valence-corrected chi connectivity index (χ1v) is 9.96. The molecule has 2 aromatic rings. The average molecular weight is 434 g/mol. The fourth-order valence-electron chi connectivity index (χ4n) is 3.46. The highest BCUT2D eigenvalue weighted by Crippen LogP contribution is 2.28. The number of ether oxygens (including phenoxy) is 2. The minimum Gasteiger partial charge on any atom is -0.383 e. The summed E-state index contributed by atoms with van der Waals surface area (Å²) in [5, 5.41) is 18.1. The van der Waals surface area contributed by atoms with Gasteiger partial charge in [-0.3, -0.25) is 14.9 Å². The van der Waals surface area contributed by atoms with Gasteiger partial charge in [0, 0.05) is 36.9 Å². The number of methoxy groups -OCH3 is 1. The summed E-state index contributed by atoms with van der Waals surface area (Å²) in [6.45, 7) is 1.74. The molecule has 0 aromatic heterocycles. The summed E-state index contributed by atoms with van der Waals surface area (Å²) in [7, 11) is 1.55. The van der Waals surface area contributed by atoms with Gasteiger partial charge in [0.05, 0.1) is 23.7 Å². The maximum absolute atomic E-state index is 12.9. The zero-order valence-corrected chi connectivity index (χ0v) is 17.4. The van der Waals surface area contributed by atoms with Crippen molar-refractivity contribution in [2.24, 2.45) is 0 Å². The van der Waals surface area contributed by atoms with Gasteiger partial charge in [-0.25, -0.2) is 0 Å². The van der Waals surface area contributed by atoms with Crippen LogP contribution in [-0.4, -0.2) is 49.8 Å². The van der Waals surface area contributed by atoms with Crippen LogP contribution in [0.1, 0.15) is 22.3 Å². The van der Waals surface area contributed by atoms with E-state index >= 15 is 0 Å². The number of nitrogens with one attached hydrogen (secondary N) is 2. The molecule has 1 amide bonds. The van der Waals surface area contributed by atoms with E-state index in [2.05, 4.69) is 10.6 Å². The first kappa shape index (κ1) is 22.0. The molecular weight excluding hydrogens is 410 g/mol. The highest BCUT2D eigenvalue weighted by atomic mass is 35.5. The number of carbonyl (C=O) groups is 1. The number of nitro groups is 1. The molecule has 2 N–H and O–H groups in total. The van der Waals surface area contributed by atoms with Crippen LogP contribution in [0, 0.1) is 10.1 Å². The van der Waals surface area contributed by atoms with Crippen LogP contribution in [-0.2, 0) is 15.9 Å². The van der Waals surface area contributed by atoms with Crippen molar-refractivity contribution in [2.45, 2.75) is 18.4 Å². The van der Waals surface area contributed by atoms with Crippen molar-refractivity contribution in [1.82, 2.24) is 5.32 Å². The van der Waals surface area contributed by atoms with E-state index in [0.29, 0.717) is 49.9 Å². The van der Waals surface area contributed by atoms with Gasteiger partial charge in [0.2, 0.25) is 0 Å². The summed E-state index contributed by atoms with van der Waals surface area (Å²) in [5.41, 5.74) is 0.854. The van der Waals surface area contributed by atoms with E-state index in [1.807, 2.05) is 12.1 Å². The van der Waals surface area contributed by atoms with Crippen LogP contribution >= 0.6 is 11.6 Å². The zero-order chi connectivity index (χ0) is 21.6. The van der Waals surface area contributed by atoms with Gasteiger partial charge in [-0.2, -0.15) is 0 Å². The van der Waals surface area contributed by atoms with Crippen molar-refractivity contribution < 1.29 is 19.2 Å². The molecule has 1 fully saturated rings. The van der Waals surface area contributed by atoms with Crippen molar-refractivity contribution in [3.8, 4) is 0 Å². The lowest BCUT2D eigenvalue weighted by Crippen LogP contribution is -2.50. The van der Waals surface area contributed by atoms with Crippen LogP contribution in [0.25, 0.3) is 0 Å². The molecule has 8 nitrogen and oxygen atoms in total. The van der Waals surface area contributed by atoms with Crippen molar-refractivity contribution >= 4 is 28.9 Å². The Bertz CT molecular complexity index is 898. The molecule has 0 bridgehead atoms. The Morgan fingerprint density at radius 1 is 1.30 bits per heavy atom. The predicted octanol–water partition coefficient (Wildman–Crippen LogP) is 3.44. The molecule has 3 rings (SSSR count). The molecule has 1 aliphatic heterocycles. The quantitative estimate of drug-likeness (QED) is 0.357. The third-order valence-electron chi connectivity index (χ3n) is 5.02. The third kappa shape index (κ3) is 5.47. The van der Waals surface area contributed by atoms with Crippen LogP contribution in [0.5, 0.6) is 0 Å². The van der Waals surface area contributed by atoms with E-state index < -0.39 is 10.5 Å². The Kier molecular flexibility index (Phi) is 7.25. The van der Waals surface area contributed by atoms with Crippen LogP contribution in [0.2, 0.25) is 5.02 Å². The van der Waals surface area contributed by atoms with Crippen molar-refractivity contribution in [3.05, 3.63) is 68.7 Å². The number of nitro benzene ring substituents is 1. The Morgan fingerprint density at radius 3 is 2.70 bits per heavy atom. The SMILES string of the molecule is COCCNc1ccc(C(=O)N[C@]2(Cc3ccc(Cl)cc3)CCOC2)cc1[N+](=O)[O-]. The summed E-state index contributed by atoms with van der Waals surface area (Å²) < 4.78 is 10.5. The molecule has 0 saturated carbocycles. The van der Waals surface area contributed by atoms with E-state index in [0.717, 1.165) is 5.56 Å². The fraction of sp³-hybridized carbons (Fsp3) is 0.381. The Morgan fingerprint density at radius 2 is 2.07 bits per heavy atom. The van der Waals surface area contributed by atoms with Gasteiger partial charge in [-0.05, 0) is 42.7 Å². The molecule has 9 heteroatoms. The smallest absolute Gasteiger partial charge is 0.293 e. The van der Waals surface area contributed by atoms with Gasteiger partial charge in [0.1, 0.15) is 5.69 Å². The highest BCUT2D eigenvalue weighted by Gasteiger charge is 2.37. The molecule has 2 aromatic carbocycles. The van der Waals surface area contributed by atoms with E-state index in [4.69, 9.17) is 21.1 Å². The lowest BCUT2D eigenvalue weighted by Gasteiger charge is -2.29. The number of halogens is 1. The Labute approximate surface area is 179 Å². The molecule has 160 valence electrons. The summed E-state index contributed by atoms with van der Waals surface area (Å²) in [6.07, 6.45) is 1.23. The fourth-order valence-corrected chi connectivity index (χ4v) is 3.58. The minimum atomic E-state index is -0.574. The second-order valence-electron chi connectivity index (χ2n) is 7.25. The predicted molar refractivity (Wildman–Crippen MR) is 114 cm³/mol.